The van der Waals surface area contributed by atoms with Gasteiger partial charge in [-0.2, -0.15) is 0 Å². The summed E-state index contributed by atoms with van der Waals surface area (Å²) in [5.41, 5.74) is 6.42. The second-order valence-corrected chi connectivity index (χ2v) is 5.84. The number of hydrogen-bond acceptors (Lipinski definition) is 5. The molecule has 0 spiro atoms. The number of aliphatic hydroxyl groups excluding tert-OH is 1. The van der Waals surface area contributed by atoms with E-state index in [1.54, 1.807) is 46.3 Å². The highest BCUT2D eigenvalue weighted by atomic mass is 16.3. The molecule has 2 amide bonds. The molecule has 3 rings (SSSR count). The van der Waals surface area contributed by atoms with E-state index in [4.69, 9.17) is 5.73 Å². The average Bonchev–Trinajstić information content (AvgIpc) is 2.64. The van der Waals surface area contributed by atoms with Crippen LogP contribution in [0.1, 0.15) is 16.9 Å². The van der Waals surface area contributed by atoms with Crippen LogP contribution in [0.4, 0.5) is 0 Å². The first-order valence-corrected chi connectivity index (χ1v) is 7.92. The number of nitrogens with zero attached hydrogens (tertiary/aromatic N) is 3. The topological polar surface area (TPSA) is 99.8 Å². The fourth-order valence-corrected chi connectivity index (χ4v) is 2.84. The summed E-state index contributed by atoms with van der Waals surface area (Å²) in [6.07, 6.45) is 5.51. The molecular formula is C17H20N4O3. The highest BCUT2D eigenvalue weighted by Crippen LogP contribution is 2.19. The number of piperazine rings is 1. The molecule has 0 saturated carbocycles. The first-order chi connectivity index (χ1) is 11.6. The quantitative estimate of drug-likeness (QED) is 0.822. The highest BCUT2D eigenvalue weighted by molar-refractivity contribution is 5.97. The first-order valence-electron chi connectivity index (χ1n) is 7.92. The lowest BCUT2D eigenvalue weighted by Gasteiger charge is -2.35. The van der Waals surface area contributed by atoms with Crippen molar-refractivity contribution >= 4 is 11.8 Å². The number of carbonyl (C=O) groups excluding carboxylic acids is 2. The summed E-state index contributed by atoms with van der Waals surface area (Å²) in [7, 11) is 0. The van der Waals surface area contributed by atoms with Gasteiger partial charge in [-0.05, 0) is 24.6 Å². The van der Waals surface area contributed by atoms with E-state index in [0.29, 0.717) is 38.3 Å². The van der Waals surface area contributed by atoms with E-state index >= 15 is 0 Å². The van der Waals surface area contributed by atoms with Crippen LogP contribution in [-0.2, 0) is 4.79 Å². The molecule has 1 fully saturated rings. The third kappa shape index (κ3) is 3.16. The van der Waals surface area contributed by atoms with Gasteiger partial charge in [0.1, 0.15) is 11.5 Å². The number of pyridine rings is 1. The number of hydrogen-bond donors (Lipinski definition) is 2. The minimum atomic E-state index is -0.527. The molecule has 24 heavy (non-hydrogen) atoms. The van der Waals surface area contributed by atoms with Crippen LogP contribution in [0.15, 0.2) is 47.9 Å². The summed E-state index contributed by atoms with van der Waals surface area (Å²) in [5.74, 6) is -0.442. The van der Waals surface area contributed by atoms with Crippen LogP contribution >= 0.6 is 0 Å². The molecule has 1 aromatic heterocycles. The van der Waals surface area contributed by atoms with Crippen molar-refractivity contribution in [1.29, 1.82) is 0 Å². The zero-order valence-electron chi connectivity index (χ0n) is 13.3. The van der Waals surface area contributed by atoms with Gasteiger partial charge in [-0.15, -0.1) is 0 Å². The van der Waals surface area contributed by atoms with Gasteiger partial charge in [0.15, 0.2) is 0 Å². The Labute approximate surface area is 140 Å². The Morgan fingerprint density at radius 1 is 1.12 bits per heavy atom. The smallest absolute Gasteiger partial charge is 0.272 e. The number of nitrogens with two attached hydrogens (primary N) is 1. The maximum atomic E-state index is 12.5. The standard InChI is InChI=1S/C17H20N4O3/c18-13-5-3-4-12(15(13)22)16(23)20-8-10-21(11-9-20)17(24)14-6-1-2-7-19-14/h1-4,6-7,13,22H,5,8-11,18H2. The summed E-state index contributed by atoms with van der Waals surface area (Å²) < 4.78 is 0. The maximum Gasteiger partial charge on any atom is 0.272 e. The van der Waals surface area contributed by atoms with Crippen LogP contribution in [0.2, 0.25) is 0 Å². The van der Waals surface area contributed by atoms with Crippen LogP contribution in [0.3, 0.4) is 0 Å². The molecule has 2 heterocycles. The lowest BCUT2D eigenvalue weighted by molar-refractivity contribution is -0.128. The molecule has 1 atom stereocenters. The largest absolute Gasteiger partial charge is 0.510 e. The molecule has 3 N–H and O–H groups in total. The SMILES string of the molecule is NC1CC=CC(C(=O)N2CCN(C(=O)c3ccccn3)CC2)=C1O. The molecule has 1 aliphatic carbocycles. The van der Waals surface area contributed by atoms with Crippen molar-refractivity contribution < 1.29 is 14.7 Å². The Bertz CT molecular complexity index is 691. The second kappa shape index (κ2) is 6.84. The molecule has 7 heteroatoms. The molecule has 1 saturated heterocycles. The van der Waals surface area contributed by atoms with Gasteiger partial charge in [0.2, 0.25) is 0 Å². The van der Waals surface area contributed by atoms with Crippen molar-refractivity contribution in [3.8, 4) is 0 Å². The van der Waals surface area contributed by atoms with Gasteiger partial charge in [-0.3, -0.25) is 14.6 Å². The Balaban J connectivity index is 1.63. The van der Waals surface area contributed by atoms with E-state index in [0.717, 1.165) is 0 Å². The molecule has 0 aromatic carbocycles. The normalized spacial score (nSPS) is 21.1. The minimum absolute atomic E-state index is 0.0607. The Hall–Kier alpha value is -2.67. The van der Waals surface area contributed by atoms with Crippen molar-refractivity contribution in [3.05, 3.63) is 53.6 Å². The maximum absolute atomic E-state index is 12.5. The number of aromatic nitrogens is 1. The van der Waals surface area contributed by atoms with Gasteiger partial charge in [0, 0.05) is 32.4 Å². The van der Waals surface area contributed by atoms with Crippen molar-refractivity contribution in [1.82, 2.24) is 14.8 Å². The summed E-state index contributed by atoms with van der Waals surface area (Å²) in [6, 6.07) is 4.68. The average molecular weight is 328 g/mol. The van der Waals surface area contributed by atoms with Crippen molar-refractivity contribution in [2.24, 2.45) is 5.73 Å². The molecule has 2 aliphatic rings. The molecule has 7 nitrogen and oxygen atoms in total. The molecule has 126 valence electrons. The van der Waals surface area contributed by atoms with Crippen LogP contribution in [-0.4, -0.2) is 63.9 Å². The Kier molecular flexibility index (Phi) is 4.61. The zero-order valence-corrected chi connectivity index (χ0v) is 13.3. The summed E-state index contributed by atoms with van der Waals surface area (Å²) in [4.78, 5) is 32.3. The number of rotatable bonds is 2. The van der Waals surface area contributed by atoms with Crippen LogP contribution in [0.25, 0.3) is 0 Å². The van der Waals surface area contributed by atoms with Crippen LogP contribution < -0.4 is 5.73 Å². The fraction of sp³-hybridized carbons (Fsp3) is 0.353. The lowest BCUT2D eigenvalue weighted by atomic mass is 10.00. The van der Waals surface area contributed by atoms with Gasteiger partial charge in [-0.25, -0.2) is 0 Å². The van der Waals surface area contributed by atoms with E-state index in [1.807, 2.05) is 0 Å². The number of amides is 2. The minimum Gasteiger partial charge on any atom is -0.510 e. The van der Waals surface area contributed by atoms with Gasteiger partial charge in [-0.1, -0.05) is 12.1 Å². The lowest BCUT2D eigenvalue weighted by Crippen LogP contribution is -2.51. The van der Waals surface area contributed by atoms with Crippen LogP contribution in [0.5, 0.6) is 0 Å². The molecule has 0 radical (unpaired) electrons. The Morgan fingerprint density at radius 2 is 1.79 bits per heavy atom. The van der Waals surface area contributed by atoms with E-state index < -0.39 is 6.04 Å². The monoisotopic (exact) mass is 328 g/mol. The Morgan fingerprint density at radius 3 is 2.42 bits per heavy atom. The first kappa shape index (κ1) is 16.2. The summed E-state index contributed by atoms with van der Waals surface area (Å²) in [5, 5.41) is 10.0. The summed E-state index contributed by atoms with van der Waals surface area (Å²) >= 11 is 0. The van der Waals surface area contributed by atoms with Gasteiger partial charge in [0.05, 0.1) is 11.6 Å². The third-order valence-corrected chi connectivity index (χ3v) is 4.27. The molecule has 1 aliphatic heterocycles. The predicted octanol–water partition coefficient (Wildman–Crippen LogP) is 0.465. The zero-order chi connectivity index (χ0) is 17.1. The molecule has 0 bridgehead atoms. The van der Waals surface area contributed by atoms with E-state index in [2.05, 4.69) is 4.98 Å². The van der Waals surface area contributed by atoms with Crippen molar-refractivity contribution in [2.75, 3.05) is 26.2 Å². The highest BCUT2D eigenvalue weighted by Gasteiger charge is 2.29. The number of aliphatic hydroxyl groups is 1. The number of carbonyl (C=O) groups is 2. The van der Waals surface area contributed by atoms with E-state index in [1.165, 1.54) is 0 Å². The summed E-state index contributed by atoms with van der Waals surface area (Å²) in [6.45, 7) is 1.70. The third-order valence-electron chi connectivity index (χ3n) is 4.27. The van der Waals surface area contributed by atoms with E-state index in [9.17, 15) is 14.7 Å². The van der Waals surface area contributed by atoms with Gasteiger partial charge >= 0.3 is 0 Å². The van der Waals surface area contributed by atoms with Crippen LogP contribution in [0, 0.1) is 0 Å². The second-order valence-electron chi connectivity index (χ2n) is 5.84. The molecule has 1 aromatic rings. The predicted molar refractivity (Wildman–Crippen MR) is 88.1 cm³/mol. The van der Waals surface area contributed by atoms with Gasteiger partial charge < -0.3 is 20.6 Å². The molecular weight excluding hydrogens is 308 g/mol. The van der Waals surface area contributed by atoms with Crippen molar-refractivity contribution in [2.45, 2.75) is 12.5 Å². The van der Waals surface area contributed by atoms with Crippen molar-refractivity contribution in [3.63, 3.8) is 0 Å². The van der Waals surface area contributed by atoms with E-state index in [-0.39, 0.29) is 23.1 Å². The van der Waals surface area contributed by atoms with Gasteiger partial charge in [0.25, 0.3) is 11.8 Å². The molecule has 1 unspecified atom stereocenters. The fourth-order valence-electron chi connectivity index (χ4n) is 2.84.